The van der Waals surface area contributed by atoms with E-state index in [1.807, 2.05) is 19.1 Å². The minimum absolute atomic E-state index is 0.809. The molecule has 20 heavy (non-hydrogen) atoms. The Balaban J connectivity index is 1.95. The van der Waals surface area contributed by atoms with Crippen molar-refractivity contribution in [2.45, 2.75) is 32.6 Å². The highest BCUT2D eigenvalue weighted by Crippen LogP contribution is 2.33. The molecule has 2 N–H and O–H groups in total. The number of thiazole rings is 1. The van der Waals surface area contributed by atoms with Crippen molar-refractivity contribution in [1.29, 1.82) is 0 Å². The first-order chi connectivity index (χ1) is 9.74. The molecule has 0 aliphatic heterocycles. The van der Waals surface area contributed by atoms with Gasteiger partial charge in [0.25, 0.3) is 0 Å². The standard InChI is InChI=1S/C15H16N4S/c1-9-6-7-10(8-11(9)16)14-17-18-15-19(14)12-4-2-3-5-13(12)20-15/h6-8H,2-5,16H2,1H3. The van der Waals surface area contributed by atoms with Gasteiger partial charge in [-0.3, -0.25) is 4.40 Å². The number of nitrogen functional groups attached to an aromatic ring is 1. The van der Waals surface area contributed by atoms with E-state index in [1.54, 1.807) is 11.3 Å². The van der Waals surface area contributed by atoms with Crippen LogP contribution in [0.25, 0.3) is 16.3 Å². The molecule has 0 unspecified atom stereocenters. The summed E-state index contributed by atoms with van der Waals surface area (Å²) in [4.78, 5) is 2.48. The molecule has 0 amide bonds. The highest BCUT2D eigenvalue weighted by molar-refractivity contribution is 7.17. The summed E-state index contributed by atoms with van der Waals surface area (Å²) in [5.74, 6) is 0.922. The highest BCUT2D eigenvalue weighted by Gasteiger charge is 2.20. The fourth-order valence-electron chi connectivity index (χ4n) is 2.86. The Bertz CT molecular complexity index is 800. The van der Waals surface area contributed by atoms with Crippen molar-refractivity contribution in [1.82, 2.24) is 14.6 Å². The number of hydrogen-bond donors (Lipinski definition) is 1. The van der Waals surface area contributed by atoms with Crippen molar-refractivity contribution >= 4 is 22.0 Å². The lowest BCUT2D eigenvalue weighted by Gasteiger charge is -2.11. The summed E-state index contributed by atoms with van der Waals surface area (Å²) in [5.41, 5.74) is 10.4. The average molecular weight is 284 g/mol. The van der Waals surface area contributed by atoms with E-state index in [-0.39, 0.29) is 0 Å². The van der Waals surface area contributed by atoms with Crippen LogP contribution in [0.5, 0.6) is 0 Å². The Morgan fingerprint density at radius 3 is 2.90 bits per heavy atom. The number of hydrogen-bond acceptors (Lipinski definition) is 4. The lowest BCUT2D eigenvalue weighted by atomic mass is 10.0. The van der Waals surface area contributed by atoms with Gasteiger partial charge >= 0.3 is 0 Å². The normalized spacial score (nSPS) is 14.7. The van der Waals surface area contributed by atoms with Gasteiger partial charge in [0.1, 0.15) is 0 Å². The predicted octanol–water partition coefficient (Wildman–Crippen LogP) is 3.23. The molecule has 0 radical (unpaired) electrons. The molecule has 1 aliphatic carbocycles. The van der Waals surface area contributed by atoms with Crippen molar-refractivity contribution in [3.8, 4) is 11.4 Å². The Morgan fingerprint density at radius 2 is 2.05 bits per heavy atom. The minimum atomic E-state index is 0.809. The van der Waals surface area contributed by atoms with E-state index in [9.17, 15) is 0 Å². The first kappa shape index (κ1) is 11.9. The van der Waals surface area contributed by atoms with E-state index < -0.39 is 0 Å². The summed E-state index contributed by atoms with van der Waals surface area (Å²) in [6.45, 7) is 2.02. The van der Waals surface area contributed by atoms with E-state index >= 15 is 0 Å². The molecule has 2 heterocycles. The maximum absolute atomic E-state index is 6.03. The van der Waals surface area contributed by atoms with Crippen LogP contribution >= 0.6 is 11.3 Å². The zero-order valence-corrected chi connectivity index (χ0v) is 12.2. The summed E-state index contributed by atoms with van der Waals surface area (Å²) >= 11 is 1.78. The van der Waals surface area contributed by atoms with Gasteiger partial charge in [0, 0.05) is 21.8 Å². The summed E-state index contributed by atoms with van der Waals surface area (Å²) in [5, 5.41) is 8.72. The van der Waals surface area contributed by atoms with Gasteiger partial charge in [0.2, 0.25) is 4.96 Å². The van der Waals surface area contributed by atoms with Crippen molar-refractivity contribution in [2.24, 2.45) is 0 Å². The second-order valence-electron chi connectivity index (χ2n) is 5.39. The van der Waals surface area contributed by atoms with Crippen LogP contribution in [0.2, 0.25) is 0 Å². The third-order valence-corrected chi connectivity index (χ3v) is 5.18. The van der Waals surface area contributed by atoms with Crippen LogP contribution in [0.1, 0.15) is 29.0 Å². The third-order valence-electron chi connectivity index (χ3n) is 4.04. The number of fused-ring (bicyclic) bond motifs is 3. The summed E-state index contributed by atoms with van der Waals surface area (Å²) in [7, 11) is 0. The van der Waals surface area contributed by atoms with Crippen molar-refractivity contribution in [3.63, 3.8) is 0 Å². The fourth-order valence-corrected chi connectivity index (χ4v) is 4.01. The predicted molar refractivity (Wildman–Crippen MR) is 82.1 cm³/mol. The van der Waals surface area contributed by atoms with E-state index in [1.165, 1.54) is 29.8 Å². The van der Waals surface area contributed by atoms with Crippen LogP contribution in [0.15, 0.2) is 18.2 Å². The summed E-state index contributed by atoms with van der Waals surface area (Å²) < 4.78 is 2.23. The Hall–Kier alpha value is -1.88. The van der Waals surface area contributed by atoms with Gasteiger partial charge in [-0.2, -0.15) is 0 Å². The number of anilines is 1. The first-order valence-corrected chi connectivity index (χ1v) is 7.78. The first-order valence-electron chi connectivity index (χ1n) is 6.96. The second kappa shape index (κ2) is 4.31. The number of nitrogens with zero attached hydrogens (tertiary/aromatic N) is 3. The Labute approximate surface area is 121 Å². The number of nitrogens with two attached hydrogens (primary N) is 1. The second-order valence-corrected chi connectivity index (χ2v) is 6.45. The van der Waals surface area contributed by atoms with Crippen LogP contribution in [0.4, 0.5) is 5.69 Å². The van der Waals surface area contributed by atoms with Crippen molar-refractivity contribution in [3.05, 3.63) is 34.3 Å². The molecular formula is C15H16N4S. The van der Waals surface area contributed by atoms with E-state index in [0.717, 1.165) is 34.0 Å². The van der Waals surface area contributed by atoms with E-state index in [2.05, 4.69) is 20.7 Å². The van der Waals surface area contributed by atoms with Crippen LogP contribution in [-0.4, -0.2) is 14.6 Å². The number of benzene rings is 1. The third kappa shape index (κ3) is 1.66. The molecule has 0 atom stereocenters. The van der Waals surface area contributed by atoms with Crippen LogP contribution in [0.3, 0.4) is 0 Å². The molecule has 1 aromatic carbocycles. The van der Waals surface area contributed by atoms with E-state index in [0.29, 0.717) is 0 Å². The van der Waals surface area contributed by atoms with Crippen LogP contribution < -0.4 is 5.73 Å². The molecule has 4 nitrogen and oxygen atoms in total. The van der Waals surface area contributed by atoms with Crippen LogP contribution in [0, 0.1) is 6.92 Å². The molecule has 0 spiro atoms. The molecule has 0 fully saturated rings. The zero-order valence-electron chi connectivity index (χ0n) is 11.4. The zero-order chi connectivity index (χ0) is 13.7. The topological polar surface area (TPSA) is 56.2 Å². The molecule has 3 aromatic rings. The van der Waals surface area contributed by atoms with Crippen molar-refractivity contribution < 1.29 is 0 Å². The van der Waals surface area contributed by atoms with Crippen LogP contribution in [-0.2, 0) is 12.8 Å². The van der Waals surface area contributed by atoms with Gasteiger partial charge in [0.15, 0.2) is 5.82 Å². The number of rotatable bonds is 1. The molecule has 1 aliphatic rings. The average Bonchev–Trinajstić information content (AvgIpc) is 3.00. The molecule has 2 aromatic heterocycles. The van der Waals surface area contributed by atoms with Gasteiger partial charge in [-0.25, -0.2) is 0 Å². The molecule has 0 saturated carbocycles. The molecule has 0 saturated heterocycles. The quantitative estimate of drug-likeness (QED) is 0.698. The lowest BCUT2D eigenvalue weighted by Crippen LogP contribution is -2.04. The Kier molecular flexibility index (Phi) is 2.57. The molecule has 102 valence electrons. The lowest BCUT2D eigenvalue weighted by molar-refractivity contribution is 0.675. The largest absolute Gasteiger partial charge is 0.398 e. The van der Waals surface area contributed by atoms with Crippen molar-refractivity contribution in [2.75, 3.05) is 5.73 Å². The monoisotopic (exact) mass is 284 g/mol. The van der Waals surface area contributed by atoms with Gasteiger partial charge in [-0.05, 0) is 44.2 Å². The van der Waals surface area contributed by atoms with E-state index in [4.69, 9.17) is 5.73 Å². The molecule has 0 bridgehead atoms. The maximum Gasteiger partial charge on any atom is 0.216 e. The smallest absolute Gasteiger partial charge is 0.216 e. The number of aryl methyl sites for hydroxylation is 3. The number of aromatic nitrogens is 3. The Morgan fingerprint density at radius 1 is 1.20 bits per heavy atom. The molecule has 5 heteroatoms. The highest BCUT2D eigenvalue weighted by atomic mass is 32.1. The van der Waals surface area contributed by atoms with Gasteiger partial charge in [0.05, 0.1) is 0 Å². The molecule has 4 rings (SSSR count). The van der Waals surface area contributed by atoms with Gasteiger partial charge in [-0.1, -0.05) is 23.5 Å². The summed E-state index contributed by atoms with van der Waals surface area (Å²) in [6, 6.07) is 6.12. The summed E-state index contributed by atoms with van der Waals surface area (Å²) in [6.07, 6.45) is 4.85. The minimum Gasteiger partial charge on any atom is -0.398 e. The SMILES string of the molecule is Cc1ccc(-c2nnc3sc4c(n23)CCCC4)cc1N. The maximum atomic E-state index is 6.03. The van der Waals surface area contributed by atoms with Gasteiger partial charge in [-0.15, -0.1) is 10.2 Å². The van der Waals surface area contributed by atoms with Gasteiger partial charge < -0.3 is 5.73 Å². The molecular weight excluding hydrogens is 268 g/mol. The fraction of sp³-hybridized carbons (Fsp3) is 0.333.